The monoisotopic (exact) mass is 734 g/mol. The zero-order valence-corrected chi connectivity index (χ0v) is 34.1. The number of carbonyl (C=O) groups excluding carboxylic acids is 2. The van der Waals surface area contributed by atoms with E-state index in [9.17, 15) is 24.6 Å². The number of allylic oxidation sites excluding steroid dienone is 1. The quantitative estimate of drug-likeness (QED) is 0.179. The van der Waals surface area contributed by atoms with Crippen LogP contribution in [-0.2, 0) is 19.1 Å². The molecule has 0 aliphatic heterocycles. The maximum Gasteiger partial charge on any atom is 0.309 e. The zero-order chi connectivity index (χ0) is 39.2. The minimum absolute atomic E-state index is 0.00777. The van der Waals surface area contributed by atoms with Crippen LogP contribution < -0.4 is 11.1 Å². The van der Waals surface area contributed by atoms with Gasteiger partial charge in [-0.25, -0.2) is 0 Å². The molecule has 1 aromatic rings. The lowest BCUT2D eigenvalue weighted by Gasteiger charge is -2.74. The van der Waals surface area contributed by atoms with Crippen LogP contribution in [0.5, 0.6) is 0 Å². The van der Waals surface area contributed by atoms with Gasteiger partial charge in [-0.05, 0) is 129 Å². The Morgan fingerprint density at radius 1 is 1.00 bits per heavy atom. The third kappa shape index (κ3) is 5.87. The number of rotatable bonds is 10. The van der Waals surface area contributed by atoms with Crippen LogP contribution in [0.25, 0.3) is 0 Å². The van der Waals surface area contributed by atoms with Gasteiger partial charge in [-0.1, -0.05) is 54.5 Å². The maximum absolute atomic E-state index is 14.1. The van der Waals surface area contributed by atoms with E-state index in [0.717, 1.165) is 68.2 Å². The Bertz CT molecular complexity index is 1650. The van der Waals surface area contributed by atoms with E-state index < -0.39 is 34.4 Å². The number of pyridine rings is 1. The first-order valence-electron chi connectivity index (χ1n) is 20.3. The van der Waals surface area contributed by atoms with E-state index in [1.165, 1.54) is 0 Å². The average molecular weight is 734 g/mol. The highest BCUT2D eigenvalue weighted by Gasteiger charge is 2.74. The van der Waals surface area contributed by atoms with Crippen molar-refractivity contribution in [1.29, 1.82) is 0 Å². The second kappa shape index (κ2) is 13.3. The van der Waals surface area contributed by atoms with Gasteiger partial charge >= 0.3 is 11.9 Å². The minimum atomic E-state index is -1.18. The maximum atomic E-state index is 14.1. The lowest BCUT2D eigenvalue weighted by atomic mass is 9.31. The molecule has 10 atom stereocenters. The summed E-state index contributed by atoms with van der Waals surface area (Å²) < 4.78 is 6.16. The molecule has 0 bridgehead atoms. The van der Waals surface area contributed by atoms with E-state index in [2.05, 4.69) is 65.7 Å². The summed E-state index contributed by atoms with van der Waals surface area (Å²) in [5, 5.41) is 25.4. The molecule has 1 aromatic heterocycles. The van der Waals surface area contributed by atoms with Crippen molar-refractivity contribution < 1.29 is 29.3 Å². The number of esters is 1. The SMILES string of the molecule is CC(C)C1=C2[C@@]([C@@H](O)CN[C@@H](C)c3ccccn3)(CC[C@]3(C)[C@]2(N)CC[C@@H]2[C@@]4(C)CC[C@H](OC(=O)CC(C)(C)C(=O)O)C(C)(C)[C@@H]4CC[C@]23C)CC1=O. The molecule has 53 heavy (non-hydrogen) atoms. The van der Waals surface area contributed by atoms with E-state index in [1.54, 1.807) is 20.0 Å². The third-order valence-corrected chi connectivity index (χ3v) is 16.5. The predicted molar refractivity (Wildman–Crippen MR) is 205 cm³/mol. The van der Waals surface area contributed by atoms with Crippen molar-refractivity contribution >= 4 is 17.7 Å². The van der Waals surface area contributed by atoms with Crippen molar-refractivity contribution in [2.45, 2.75) is 157 Å². The fourth-order valence-electron chi connectivity index (χ4n) is 13.3. The highest BCUT2D eigenvalue weighted by molar-refractivity contribution is 6.01. The number of carboxylic acid groups (broad SMARTS) is 1. The molecule has 9 heteroatoms. The summed E-state index contributed by atoms with van der Waals surface area (Å²) in [6, 6.07) is 5.81. The molecule has 4 fully saturated rings. The van der Waals surface area contributed by atoms with E-state index in [1.807, 2.05) is 18.2 Å². The second-order valence-corrected chi connectivity index (χ2v) is 20.2. The first-order chi connectivity index (χ1) is 24.5. The lowest BCUT2D eigenvalue weighted by molar-refractivity contribution is -0.238. The average Bonchev–Trinajstić information content (AvgIpc) is 3.40. The van der Waals surface area contributed by atoms with Gasteiger partial charge in [0.15, 0.2) is 5.78 Å². The molecule has 5 aliphatic rings. The van der Waals surface area contributed by atoms with Crippen LogP contribution in [0.4, 0.5) is 0 Å². The summed E-state index contributed by atoms with van der Waals surface area (Å²) in [6.45, 7) is 21.6. The molecule has 5 aliphatic carbocycles. The van der Waals surface area contributed by atoms with E-state index >= 15 is 0 Å². The molecule has 294 valence electrons. The van der Waals surface area contributed by atoms with Crippen molar-refractivity contribution in [2.24, 2.45) is 56.0 Å². The van der Waals surface area contributed by atoms with Gasteiger partial charge in [0.05, 0.1) is 23.6 Å². The molecule has 0 unspecified atom stereocenters. The number of carboxylic acids is 1. The first-order valence-corrected chi connectivity index (χ1v) is 20.3. The Hall–Kier alpha value is -2.62. The van der Waals surface area contributed by atoms with Gasteiger partial charge in [-0.3, -0.25) is 19.4 Å². The Labute approximate surface area is 317 Å². The summed E-state index contributed by atoms with van der Waals surface area (Å²) in [5.74, 6) is -0.587. The molecule has 0 spiro atoms. The van der Waals surface area contributed by atoms with E-state index in [-0.39, 0.29) is 51.9 Å². The zero-order valence-electron chi connectivity index (χ0n) is 34.1. The van der Waals surface area contributed by atoms with E-state index in [0.29, 0.717) is 24.8 Å². The molecular formula is C44H67N3O6. The van der Waals surface area contributed by atoms with Gasteiger partial charge < -0.3 is 26.0 Å². The first kappa shape index (κ1) is 40.1. The normalized spacial score (nSPS) is 39.0. The van der Waals surface area contributed by atoms with Crippen molar-refractivity contribution in [3.63, 3.8) is 0 Å². The van der Waals surface area contributed by atoms with Crippen molar-refractivity contribution in [3.05, 3.63) is 41.2 Å². The molecule has 0 aromatic carbocycles. The number of aliphatic hydroxyl groups is 1. The lowest BCUT2D eigenvalue weighted by Crippen LogP contribution is -2.74. The predicted octanol–water partition coefficient (Wildman–Crippen LogP) is 7.57. The largest absolute Gasteiger partial charge is 0.481 e. The number of fused-ring (bicyclic) bond motifs is 7. The third-order valence-electron chi connectivity index (χ3n) is 16.5. The number of ether oxygens (including phenoxy) is 1. The summed E-state index contributed by atoms with van der Waals surface area (Å²) in [4.78, 5) is 43.5. The van der Waals surface area contributed by atoms with Crippen LogP contribution >= 0.6 is 0 Å². The second-order valence-electron chi connectivity index (χ2n) is 20.2. The van der Waals surface area contributed by atoms with Crippen LogP contribution in [0.3, 0.4) is 0 Å². The number of hydrogen-bond donors (Lipinski definition) is 4. The van der Waals surface area contributed by atoms with Crippen molar-refractivity contribution in [3.8, 4) is 0 Å². The van der Waals surface area contributed by atoms with Crippen LogP contribution in [0.2, 0.25) is 0 Å². The van der Waals surface area contributed by atoms with Crippen LogP contribution in [0.1, 0.15) is 145 Å². The number of nitrogens with two attached hydrogens (primary N) is 1. The molecule has 9 nitrogen and oxygen atoms in total. The molecule has 5 N–H and O–H groups in total. The highest BCUT2D eigenvalue weighted by atomic mass is 16.5. The number of Topliss-reactive ketones (excluding diaryl/α,β-unsaturated/α-hetero) is 1. The molecule has 0 radical (unpaired) electrons. The van der Waals surface area contributed by atoms with Gasteiger partial charge in [-0.2, -0.15) is 0 Å². The minimum Gasteiger partial charge on any atom is -0.481 e. The van der Waals surface area contributed by atoms with Crippen molar-refractivity contribution in [2.75, 3.05) is 6.54 Å². The molecule has 6 rings (SSSR count). The van der Waals surface area contributed by atoms with Crippen molar-refractivity contribution in [1.82, 2.24) is 10.3 Å². The number of nitrogens with one attached hydrogen (secondary N) is 1. The highest BCUT2D eigenvalue weighted by Crippen LogP contribution is 2.77. The number of hydrogen-bond acceptors (Lipinski definition) is 8. The standard InChI is InChI=1S/C44H67N3O6/c1-26(2)35-29(48)23-43(32(49)25-47-27(3)28-13-11-12-22-46-28)21-20-42(10)41(9)18-14-30-39(6,7)33(53-34(50)24-38(4,5)37(51)52)16-17-40(30,8)31(41)15-19-44(42,45)36(35)43/h11-13,22,26-27,30-33,47,49H,14-21,23-25,45H2,1-10H3,(H,51,52)/t27-,30-,31+,32-,33-,40-,41+,42-,43-,44-/m0/s1. The smallest absolute Gasteiger partial charge is 0.309 e. The fourth-order valence-corrected chi connectivity index (χ4v) is 13.3. The number of aromatic nitrogens is 1. The van der Waals surface area contributed by atoms with Crippen LogP contribution in [-0.4, -0.2) is 57.2 Å². The molecule has 1 heterocycles. The Balaban J connectivity index is 1.30. The van der Waals surface area contributed by atoms with Crippen LogP contribution in [0, 0.1) is 50.2 Å². The number of carbonyl (C=O) groups is 3. The van der Waals surface area contributed by atoms with Crippen LogP contribution in [0.15, 0.2) is 35.5 Å². The Kier molecular flexibility index (Phi) is 10.0. The fraction of sp³-hybridized carbons (Fsp3) is 0.773. The number of nitrogens with zero attached hydrogens (tertiary/aromatic N) is 1. The summed E-state index contributed by atoms with van der Waals surface area (Å²) >= 11 is 0. The number of aliphatic hydroxyl groups excluding tert-OH is 1. The summed E-state index contributed by atoms with van der Waals surface area (Å²) in [5.41, 5.74) is 7.48. The van der Waals surface area contributed by atoms with Gasteiger partial charge in [-0.15, -0.1) is 0 Å². The summed E-state index contributed by atoms with van der Waals surface area (Å²) in [7, 11) is 0. The molecule has 0 amide bonds. The van der Waals surface area contributed by atoms with Gasteiger partial charge in [0.2, 0.25) is 0 Å². The molecular weight excluding hydrogens is 666 g/mol. The topological polar surface area (TPSA) is 152 Å². The Morgan fingerprint density at radius 2 is 1.68 bits per heavy atom. The molecule has 4 saturated carbocycles. The number of ketones is 1. The van der Waals surface area contributed by atoms with E-state index in [4.69, 9.17) is 10.5 Å². The number of aliphatic carboxylic acids is 1. The van der Waals surface area contributed by atoms with Gasteiger partial charge in [0, 0.05) is 41.6 Å². The van der Waals surface area contributed by atoms with Gasteiger partial charge in [0.1, 0.15) is 6.10 Å². The Morgan fingerprint density at radius 3 is 2.30 bits per heavy atom. The van der Waals surface area contributed by atoms with Gasteiger partial charge in [0.25, 0.3) is 0 Å². The molecule has 0 saturated heterocycles. The summed E-state index contributed by atoms with van der Waals surface area (Å²) in [6.07, 6.45) is 7.80.